The Morgan fingerprint density at radius 1 is 1.68 bits per heavy atom. The maximum atomic E-state index is 11.4. The fraction of sp³-hybridized carbons (Fsp3) is 0.692. The van der Waals surface area contributed by atoms with Crippen LogP contribution in [0.2, 0.25) is 0 Å². The summed E-state index contributed by atoms with van der Waals surface area (Å²) in [5.41, 5.74) is 0.776. The highest BCUT2D eigenvalue weighted by Crippen LogP contribution is 2.22. The number of carbonyl (C=O) groups is 1. The maximum absolute atomic E-state index is 11.4. The van der Waals surface area contributed by atoms with E-state index in [4.69, 9.17) is 9.47 Å². The van der Waals surface area contributed by atoms with E-state index < -0.39 is 0 Å². The minimum absolute atomic E-state index is 0.221. The molecule has 0 spiro atoms. The van der Waals surface area contributed by atoms with Gasteiger partial charge in [0.05, 0.1) is 24.8 Å². The lowest BCUT2D eigenvalue weighted by atomic mass is 10.2. The third-order valence-corrected chi connectivity index (χ3v) is 4.00. The molecule has 2 rings (SSSR count). The summed E-state index contributed by atoms with van der Waals surface area (Å²) in [5, 5.41) is 2.84. The number of thiazole rings is 1. The molecule has 1 unspecified atom stereocenters. The number of likely N-dealkylation sites (N-methyl/N-ethyl adjacent to an activating group) is 1. The molecular weight excluding hydrogens is 264 g/mol. The second-order valence-corrected chi connectivity index (χ2v) is 5.46. The predicted octanol–water partition coefficient (Wildman–Crippen LogP) is 1.86. The van der Waals surface area contributed by atoms with Crippen molar-refractivity contribution in [1.29, 1.82) is 0 Å². The highest BCUT2D eigenvalue weighted by atomic mass is 32.1. The number of rotatable bonds is 6. The van der Waals surface area contributed by atoms with E-state index in [0.717, 1.165) is 36.8 Å². The topological polar surface area (TPSA) is 51.7 Å². The Labute approximate surface area is 117 Å². The van der Waals surface area contributed by atoms with Crippen molar-refractivity contribution >= 4 is 22.4 Å². The first kappa shape index (κ1) is 14.3. The highest BCUT2D eigenvalue weighted by Gasteiger charge is 2.19. The van der Waals surface area contributed by atoms with Crippen molar-refractivity contribution in [2.24, 2.45) is 0 Å². The van der Waals surface area contributed by atoms with E-state index >= 15 is 0 Å². The smallest absolute Gasteiger partial charge is 0.311 e. The third kappa shape index (κ3) is 4.18. The Morgan fingerprint density at radius 2 is 2.53 bits per heavy atom. The van der Waals surface area contributed by atoms with Crippen molar-refractivity contribution in [3.05, 3.63) is 11.1 Å². The SMILES string of the molecule is CCOC(=O)Cc1csc(N(C)CC2CCCO2)n1. The van der Waals surface area contributed by atoms with Crippen molar-refractivity contribution in [3.63, 3.8) is 0 Å². The quantitative estimate of drug-likeness (QED) is 0.746. The molecule has 1 aromatic rings. The number of ether oxygens (including phenoxy) is 2. The van der Waals surface area contributed by atoms with Gasteiger partial charge in [0.2, 0.25) is 0 Å². The van der Waals surface area contributed by atoms with Crippen molar-refractivity contribution < 1.29 is 14.3 Å². The molecule has 0 N–H and O–H groups in total. The number of nitrogens with zero attached hydrogens (tertiary/aromatic N) is 2. The standard InChI is InChI=1S/C13H20N2O3S/c1-3-17-12(16)7-10-9-19-13(14-10)15(2)8-11-5-4-6-18-11/h9,11H,3-8H2,1-2H3. The normalized spacial score (nSPS) is 18.5. The molecule has 19 heavy (non-hydrogen) atoms. The number of esters is 1. The second-order valence-electron chi connectivity index (χ2n) is 4.62. The Hall–Kier alpha value is -1.14. The molecule has 5 nitrogen and oxygen atoms in total. The number of carbonyl (C=O) groups excluding carboxylic acids is 1. The fourth-order valence-corrected chi connectivity index (χ4v) is 2.89. The number of hydrogen-bond donors (Lipinski definition) is 0. The van der Waals surface area contributed by atoms with Crippen molar-refractivity contribution in [1.82, 2.24) is 4.98 Å². The van der Waals surface area contributed by atoms with E-state index in [1.807, 2.05) is 12.4 Å². The minimum atomic E-state index is -0.221. The molecule has 106 valence electrons. The van der Waals surface area contributed by atoms with Crippen LogP contribution in [0.25, 0.3) is 0 Å². The fourth-order valence-electron chi connectivity index (χ4n) is 2.08. The number of hydrogen-bond acceptors (Lipinski definition) is 6. The molecule has 0 amide bonds. The summed E-state index contributed by atoms with van der Waals surface area (Å²) < 4.78 is 10.5. The highest BCUT2D eigenvalue weighted by molar-refractivity contribution is 7.13. The van der Waals surface area contributed by atoms with Gasteiger partial charge in [-0.05, 0) is 19.8 Å². The van der Waals surface area contributed by atoms with Crippen LogP contribution in [0.4, 0.5) is 5.13 Å². The van der Waals surface area contributed by atoms with Crippen molar-refractivity contribution in [3.8, 4) is 0 Å². The summed E-state index contributed by atoms with van der Waals surface area (Å²) in [5.74, 6) is -0.221. The van der Waals surface area contributed by atoms with Gasteiger partial charge in [-0.2, -0.15) is 0 Å². The van der Waals surface area contributed by atoms with Crippen molar-refractivity contribution in [2.45, 2.75) is 32.3 Å². The van der Waals surface area contributed by atoms with Gasteiger partial charge in [0, 0.05) is 25.6 Å². The number of anilines is 1. The van der Waals surface area contributed by atoms with Gasteiger partial charge in [0.1, 0.15) is 0 Å². The lowest BCUT2D eigenvalue weighted by Gasteiger charge is -2.19. The third-order valence-electron chi connectivity index (χ3n) is 3.00. The van der Waals surface area contributed by atoms with Crippen LogP contribution in [-0.2, 0) is 20.7 Å². The van der Waals surface area contributed by atoms with E-state index in [-0.39, 0.29) is 12.4 Å². The lowest BCUT2D eigenvalue weighted by molar-refractivity contribution is -0.142. The van der Waals surface area contributed by atoms with E-state index in [1.165, 1.54) is 0 Å². The first-order chi connectivity index (χ1) is 9.19. The lowest BCUT2D eigenvalue weighted by Crippen LogP contribution is -2.28. The Balaban J connectivity index is 1.86. The zero-order chi connectivity index (χ0) is 13.7. The monoisotopic (exact) mass is 284 g/mol. The van der Waals surface area contributed by atoms with Gasteiger partial charge < -0.3 is 14.4 Å². The first-order valence-corrected chi connectivity index (χ1v) is 7.49. The molecule has 0 aromatic carbocycles. The van der Waals surface area contributed by atoms with Crippen LogP contribution in [0.3, 0.4) is 0 Å². The Morgan fingerprint density at radius 3 is 3.21 bits per heavy atom. The molecule has 0 saturated carbocycles. The molecular formula is C13H20N2O3S. The van der Waals surface area contributed by atoms with Crippen molar-refractivity contribution in [2.75, 3.05) is 31.7 Å². The summed E-state index contributed by atoms with van der Waals surface area (Å²) >= 11 is 1.55. The molecule has 1 aromatic heterocycles. The predicted molar refractivity (Wildman–Crippen MR) is 74.7 cm³/mol. The zero-order valence-electron chi connectivity index (χ0n) is 11.4. The first-order valence-electron chi connectivity index (χ1n) is 6.61. The van der Waals surface area contributed by atoms with E-state index in [0.29, 0.717) is 12.7 Å². The second kappa shape index (κ2) is 6.86. The average molecular weight is 284 g/mol. The molecule has 1 fully saturated rings. The van der Waals surface area contributed by atoms with Gasteiger partial charge in [0.15, 0.2) is 5.13 Å². The minimum Gasteiger partial charge on any atom is -0.466 e. The van der Waals surface area contributed by atoms with Crippen LogP contribution in [0, 0.1) is 0 Å². The largest absolute Gasteiger partial charge is 0.466 e. The van der Waals surface area contributed by atoms with Gasteiger partial charge in [0.25, 0.3) is 0 Å². The molecule has 1 saturated heterocycles. The van der Waals surface area contributed by atoms with Crippen LogP contribution in [-0.4, -0.2) is 43.9 Å². The summed E-state index contributed by atoms with van der Waals surface area (Å²) in [6.45, 7) is 3.94. The Bertz CT molecular complexity index is 416. The van der Waals surface area contributed by atoms with Crippen LogP contribution in [0.5, 0.6) is 0 Å². The molecule has 0 bridgehead atoms. The summed E-state index contributed by atoms with van der Waals surface area (Å²) in [6, 6.07) is 0. The summed E-state index contributed by atoms with van der Waals surface area (Å²) in [6.07, 6.45) is 2.82. The van der Waals surface area contributed by atoms with Gasteiger partial charge in [-0.25, -0.2) is 4.98 Å². The molecule has 1 aliphatic heterocycles. The molecule has 2 heterocycles. The molecule has 1 atom stereocenters. The van der Waals surface area contributed by atoms with Gasteiger partial charge >= 0.3 is 5.97 Å². The molecule has 6 heteroatoms. The molecule has 0 radical (unpaired) electrons. The van der Waals surface area contributed by atoms with Crippen LogP contribution in [0.15, 0.2) is 5.38 Å². The average Bonchev–Trinajstić information content (AvgIpc) is 3.00. The van der Waals surface area contributed by atoms with Gasteiger partial charge in [-0.15, -0.1) is 11.3 Å². The van der Waals surface area contributed by atoms with E-state index in [2.05, 4.69) is 9.88 Å². The van der Waals surface area contributed by atoms with Gasteiger partial charge in [-0.1, -0.05) is 0 Å². The Kier molecular flexibility index (Phi) is 5.15. The zero-order valence-corrected chi connectivity index (χ0v) is 12.2. The van der Waals surface area contributed by atoms with Crippen LogP contribution < -0.4 is 4.90 Å². The van der Waals surface area contributed by atoms with Gasteiger partial charge in [-0.3, -0.25) is 4.79 Å². The number of aromatic nitrogens is 1. The van der Waals surface area contributed by atoms with Crippen LogP contribution in [0.1, 0.15) is 25.5 Å². The molecule has 1 aliphatic rings. The summed E-state index contributed by atoms with van der Waals surface area (Å²) in [4.78, 5) is 17.9. The maximum Gasteiger partial charge on any atom is 0.311 e. The van der Waals surface area contributed by atoms with E-state index in [9.17, 15) is 4.79 Å². The summed E-state index contributed by atoms with van der Waals surface area (Å²) in [7, 11) is 2.01. The van der Waals surface area contributed by atoms with Crippen LogP contribution >= 0.6 is 11.3 Å². The molecule has 0 aliphatic carbocycles. The van der Waals surface area contributed by atoms with E-state index in [1.54, 1.807) is 18.3 Å².